The highest BCUT2D eigenvalue weighted by Crippen LogP contribution is 2.13. The van der Waals surface area contributed by atoms with Crippen molar-refractivity contribution in [1.82, 2.24) is 0 Å². The van der Waals surface area contributed by atoms with E-state index >= 15 is 0 Å². The molecule has 0 aliphatic heterocycles. The lowest BCUT2D eigenvalue weighted by Gasteiger charge is -2.18. The number of unbranched alkanes of at least 4 members (excludes halogenated alkanes) is 17. The molecule has 1 unspecified atom stereocenters. The van der Waals surface area contributed by atoms with Crippen molar-refractivity contribution in [2.24, 2.45) is 0 Å². The lowest BCUT2D eigenvalue weighted by atomic mass is 10.1. The van der Waals surface area contributed by atoms with Gasteiger partial charge in [-0.25, -0.2) is 0 Å². The van der Waals surface area contributed by atoms with Crippen LogP contribution in [-0.4, -0.2) is 37.2 Å². The predicted molar refractivity (Wildman–Crippen MR) is 334 cm³/mol. The minimum atomic E-state index is -0.829. The van der Waals surface area contributed by atoms with Crippen molar-refractivity contribution >= 4 is 17.9 Å². The van der Waals surface area contributed by atoms with Crippen molar-refractivity contribution in [2.75, 3.05) is 13.2 Å². The molecule has 0 radical (unpaired) electrons. The fraction of sp³-hybridized carbons (Fsp3) is 0.592. The third-order valence-electron chi connectivity index (χ3n) is 12.5. The first kappa shape index (κ1) is 72.0. The largest absolute Gasteiger partial charge is 0.462 e. The number of hydrogen-bond acceptors (Lipinski definition) is 6. The highest BCUT2D eigenvalue weighted by molar-refractivity contribution is 5.71. The van der Waals surface area contributed by atoms with Crippen molar-refractivity contribution in [3.05, 3.63) is 158 Å². The van der Waals surface area contributed by atoms with Crippen LogP contribution >= 0.6 is 0 Å². The van der Waals surface area contributed by atoms with Crippen LogP contribution in [0.1, 0.15) is 252 Å². The number of hydrogen-bond donors (Lipinski definition) is 0. The van der Waals surface area contributed by atoms with Gasteiger partial charge >= 0.3 is 17.9 Å². The summed E-state index contributed by atoms with van der Waals surface area (Å²) in [5.74, 6) is -1.04. The Labute approximate surface area is 473 Å². The molecule has 1 atom stereocenters. The van der Waals surface area contributed by atoms with Crippen LogP contribution in [0.3, 0.4) is 0 Å². The van der Waals surface area contributed by atoms with Gasteiger partial charge in [0, 0.05) is 19.3 Å². The zero-order chi connectivity index (χ0) is 55.7. The zero-order valence-electron chi connectivity index (χ0n) is 49.4. The van der Waals surface area contributed by atoms with Crippen LogP contribution in [-0.2, 0) is 28.6 Å². The molecule has 0 spiro atoms. The normalized spacial score (nSPS) is 13.2. The van der Waals surface area contributed by atoms with E-state index in [2.05, 4.69) is 167 Å². The summed E-state index contributed by atoms with van der Waals surface area (Å²) in [6, 6.07) is 0. The maximum atomic E-state index is 12.9. The number of carbonyl (C=O) groups excluding carboxylic acids is 3. The number of ether oxygens (including phenoxy) is 3. The van der Waals surface area contributed by atoms with Gasteiger partial charge in [0.05, 0.1) is 0 Å². The van der Waals surface area contributed by atoms with E-state index in [0.29, 0.717) is 12.8 Å². The van der Waals surface area contributed by atoms with Crippen LogP contribution in [0.4, 0.5) is 0 Å². The zero-order valence-corrected chi connectivity index (χ0v) is 49.4. The third-order valence-corrected chi connectivity index (χ3v) is 12.5. The Morgan fingerprint density at radius 2 is 0.532 bits per heavy atom. The van der Waals surface area contributed by atoms with Crippen LogP contribution in [0.25, 0.3) is 0 Å². The molecule has 0 fully saturated rings. The average molecular weight is 1060 g/mol. The van der Waals surface area contributed by atoms with E-state index < -0.39 is 6.10 Å². The van der Waals surface area contributed by atoms with Gasteiger partial charge in [-0.2, -0.15) is 0 Å². The summed E-state index contributed by atoms with van der Waals surface area (Å²) >= 11 is 0. The second kappa shape index (κ2) is 63.6. The first-order valence-electron chi connectivity index (χ1n) is 31.0. The van der Waals surface area contributed by atoms with Crippen molar-refractivity contribution in [3.63, 3.8) is 0 Å². The van der Waals surface area contributed by atoms with E-state index in [9.17, 15) is 14.4 Å². The van der Waals surface area contributed by atoms with E-state index in [-0.39, 0.29) is 44.0 Å². The van der Waals surface area contributed by atoms with Crippen molar-refractivity contribution in [2.45, 2.75) is 258 Å². The third kappa shape index (κ3) is 61.8. The summed E-state index contributed by atoms with van der Waals surface area (Å²) in [5, 5.41) is 0. The number of carbonyl (C=O) groups is 3. The summed E-state index contributed by atoms with van der Waals surface area (Å²) < 4.78 is 16.8. The monoisotopic (exact) mass is 1060 g/mol. The maximum absolute atomic E-state index is 12.9. The van der Waals surface area contributed by atoms with Crippen LogP contribution < -0.4 is 0 Å². The first-order chi connectivity index (χ1) is 38.0. The molecule has 0 amide bonds. The van der Waals surface area contributed by atoms with Crippen molar-refractivity contribution in [1.29, 1.82) is 0 Å². The van der Waals surface area contributed by atoms with E-state index in [1.165, 1.54) is 64.2 Å². The number of rotatable bonds is 54. The minimum Gasteiger partial charge on any atom is -0.462 e. The topological polar surface area (TPSA) is 78.9 Å². The van der Waals surface area contributed by atoms with Gasteiger partial charge < -0.3 is 14.2 Å². The summed E-state index contributed by atoms with van der Waals surface area (Å²) in [6.07, 6.45) is 92.5. The maximum Gasteiger partial charge on any atom is 0.306 e. The van der Waals surface area contributed by atoms with Gasteiger partial charge in [0.1, 0.15) is 13.2 Å². The number of allylic oxidation sites excluding steroid dienone is 26. The van der Waals surface area contributed by atoms with E-state index in [0.717, 1.165) is 141 Å². The van der Waals surface area contributed by atoms with Crippen molar-refractivity contribution in [3.8, 4) is 0 Å². The van der Waals surface area contributed by atoms with Crippen LogP contribution in [0, 0.1) is 0 Å². The van der Waals surface area contributed by atoms with Crippen LogP contribution in [0.15, 0.2) is 158 Å². The molecule has 6 nitrogen and oxygen atoms in total. The fourth-order valence-corrected chi connectivity index (χ4v) is 7.94. The van der Waals surface area contributed by atoms with E-state index in [1.54, 1.807) is 0 Å². The summed E-state index contributed by atoms with van der Waals surface area (Å²) in [7, 11) is 0. The molecule has 0 saturated heterocycles. The molecule has 0 aliphatic rings. The Morgan fingerprint density at radius 1 is 0.273 bits per heavy atom. The Balaban J connectivity index is 4.48. The Hall–Kier alpha value is -4.97. The molecule has 6 heteroatoms. The van der Waals surface area contributed by atoms with Gasteiger partial charge in [-0.3, -0.25) is 14.4 Å². The second-order valence-corrected chi connectivity index (χ2v) is 19.8. The SMILES string of the molecule is CC/C=C\C/C=C\C/C=C\C/C=C\C/C=C\C/C=C\CCCCCCCCC(=O)OCC(COC(=O)CC/C=C\C/C=C\C/C=C\C/C=C\CC)OC(=O)CCCCCCCC/C=C\C/C=C\C/C=C\CCCCCCC. The molecule has 432 valence electrons. The van der Waals surface area contributed by atoms with Gasteiger partial charge in [-0.05, 0) is 135 Å². The molecule has 0 aromatic rings. The lowest BCUT2D eigenvalue weighted by Crippen LogP contribution is -2.30. The van der Waals surface area contributed by atoms with Gasteiger partial charge in [0.25, 0.3) is 0 Å². The first-order valence-corrected chi connectivity index (χ1v) is 31.0. The summed E-state index contributed by atoms with van der Waals surface area (Å²) in [5.41, 5.74) is 0. The number of esters is 3. The lowest BCUT2D eigenvalue weighted by molar-refractivity contribution is -0.166. The Morgan fingerprint density at radius 3 is 0.870 bits per heavy atom. The second-order valence-electron chi connectivity index (χ2n) is 19.8. The van der Waals surface area contributed by atoms with Gasteiger partial charge in [-0.1, -0.05) is 256 Å². The Bertz CT molecular complexity index is 1740. The highest BCUT2D eigenvalue weighted by atomic mass is 16.6. The standard InChI is InChI=1S/C71H112O6/c1-4-7-10-13-16-19-22-25-27-29-31-33-34-35-36-38-39-41-43-46-49-52-55-58-61-64-70(73)76-67-68(66-75-69(72)63-60-57-54-51-48-45-24-21-18-15-12-9-6-3)77-71(74)65-62-59-56-53-50-47-44-42-40-37-32-30-28-26-23-20-17-14-11-8-5-2/h7,9-10,12,16,18-19,21,23,25-27,30-33,35-36,39-42,45,48,54,57,68H,4-6,8,11,13-15,17,20,22,24,28-29,34,37-38,43-44,46-47,49-53,55-56,58-67H2,1-3H3/b10-7-,12-9-,19-16-,21-18-,26-23-,27-25-,32-30-,33-31-,36-35-,41-39-,42-40-,48-45-,57-54-. The van der Waals surface area contributed by atoms with Gasteiger partial charge in [-0.15, -0.1) is 0 Å². The molecular weight excluding hydrogens is 949 g/mol. The summed E-state index contributed by atoms with van der Waals surface area (Å²) in [4.78, 5) is 38.2. The van der Waals surface area contributed by atoms with Gasteiger partial charge in [0.15, 0.2) is 6.10 Å². The molecule has 0 aromatic heterocycles. The minimum absolute atomic E-state index is 0.120. The quantitative estimate of drug-likeness (QED) is 0.0261. The molecule has 0 heterocycles. The van der Waals surface area contributed by atoms with E-state index in [1.807, 2.05) is 12.2 Å². The van der Waals surface area contributed by atoms with Crippen LogP contribution in [0.2, 0.25) is 0 Å². The average Bonchev–Trinajstić information content (AvgIpc) is 3.43. The van der Waals surface area contributed by atoms with E-state index in [4.69, 9.17) is 14.2 Å². The molecule has 0 N–H and O–H groups in total. The predicted octanol–water partition coefficient (Wildman–Crippen LogP) is 21.3. The Kier molecular flexibility index (Phi) is 59.5. The molecule has 77 heavy (non-hydrogen) atoms. The molecule has 0 bridgehead atoms. The molecule has 0 aliphatic carbocycles. The highest BCUT2D eigenvalue weighted by Gasteiger charge is 2.19. The molecule has 0 aromatic carbocycles. The van der Waals surface area contributed by atoms with Crippen molar-refractivity contribution < 1.29 is 28.6 Å². The summed E-state index contributed by atoms with van der Waals surface area (Å²) in [6.45, 7) is 6.30. The smallest absolute Gasteiger partial charge is 0.306 e. The molecule has 0 saturated carbocycles. The van der Waals surface area contributed by atoms with Gasteiger partial charge in [0.2, 0.25) is 0 Å². The molecule has 0 rings (SSSR count). The molecular formula is C71H112O6. The van der Waals surface area contributed by atoms with Crippen LogP contribution in [0.5, 0.6) is 0 Å². The fourth-order valence-electron chi connectivity index (χ4n) is 7.94.